The average Bonchev–Trinajstić information content (AvgIpc) is 3.09. The second-order valence-corrected chi connectivity index (χ2v) is 7.28. The SMILES string of the molecule is CCNC(=NCc1ccccc1OC1CCC1)NCC1CCCN1CC.I. The number of hydrogen-bond donors (Lipinski definition) is 2. The first-order chi connectivity index (χ1) is 12.8. The molecule has 3 rings (SSSR count). The van der Waals surface area contributed by atoms with E-state index in [9.17, 15) is 0 Å². The van der Waals surface area contributed by atoms with Gasteiger partial charge in [0.1, 0.15) is 5.75 Å². The number of likely N-dealkylation sites (N-methyl/N-ethyl adjacent to an activating group) is 1. The molecule has 0 spiro atoms. The molecule has 5 nitrogen and oxygen atoms in total. The third-order valence-electron chi connectivity index (χ3n) is 5.48. The van der Waals surface area contributed by atoms with Crippen LogP contribution in [0.2, 0.25) is 0 Å². The van der Waals surface area contributed by atoms with Crippen molar-refractivity contribution in [1.29, 1.82) is 0 Å². The zero-order chi connectivity index (χ0) is 18.2. The fourth-order valence-electron chi connectivity index (χ4n) is 3.68. The van der Waals surface area contributed by atoms with Crippen LogP contribution < -0.4 is 15.4 Å². The van der Waals surface area contributed by atoms with Gasteiger partial charge < -0.3 is 15.4 Å². The maximum absolute atomic E-state index is 6.13. The normalized spacial score (nSPS) is 20.7. The molecule has 1 unspecified atom stereocenters. The Balaban J connectivity index is 0.00000261. The summed E-state index contributed by atoms with van der Waals surface area (Å²) >= 11 is 0. The number of nitrogens with zero attached hydrogens (tertiary/aromatic N) is 2. The van der Waals surface area contributed by atoms with Gasteiger partial charge in [-0.1, -0.05) is 25.1 Å². The predicted molar refractivity (Wildman–Crippen MR) is 123 cm³/mol. The number of halogens is 1. The Kier molecular flexibility index (Phi) is 9.68. The minimum atomic E-state index is 0. The molecule has 2 aliphatic rings. The molecule has 0 aromatic heterocycles. The quantitative estimate of drug-likeness (QED) is 0.334. The molecule has 0 bridgehead atoms. The van der Waals surface area contributed by atoms with Gasteiger partial charge in [-0.15, -0.1) is 24.0 Å². The minimum Gasteiger partial charge on any atom is -0.490 e. The largest absolute Gasteiger partial charge is 0.490 e. The maximum Gasteiger partial charge on any atom is 0.191 e. The molecule has 27 heavy (non-hydrogen) atoms. The van der Waals surface area contributed by atoms with Gasteiger partial charge in [-0.2, -0.15) is 0 Å². The third-order valence-corrected chi connectivity index (χ3v) is 5.48. The minimum absolute atomic E-state index is 0. The van der Waals surface area contributed by atoms with Crippen molar-refractivity contribution in [2.24, 2.45) is 4.99 Å². The summed E-state index contributed by atoms with van der Waals surface area (Å²) in [5, 5.41) is 6.91. The van der Waals surface area contributed by atoms with Crippen LogP contribution in [0, 0.1) is 0 Å². The molecule has 6 heteroatoms. The van der Waals surface area contributed by atoms with E-state index >= 15 is 0 Å². The molecule has 1 aromatic rings. The summed E-state index contributed by atoms with van der Waals surface area (Å²) in [6.45, 7) is 9.18. The van der Waals surface area contributed by atoms with E-state index in [0.717, 1.165) is 36.9 Å². The lowest BCUT2D eigenvalue weighted by Gasteiger charge is -2.27. The molecular formula is C21H35IN4O. The Hall–Kier alpha value is -1.02. The van der Waals surface area contributed by atoms with E-state index in [-0.39, 0.29) is 24.0 Å². The van der Waals surface area contributed by atoms with Crippen LogP contribution in [0.15, 0.2) is 29.3 Å². The predicted octanol–water partition coefficient (Wildman–Crippen LogP) is 3.78. The van der Waals surface area contributed by atoms with Crippen LogP contribution in [-0.4, -0.2) is 49.2 Å². The first-order valence-electron chi connectivity index (χ1n) is 10.3. The Labute approximate surface area is 181 Å². The van der Waals surface area contributed by atoms with Crippen LogP contribution in [-0.2, 0) is 6.54 Å². The van der Waals surface area contributed by atoms with Crippen molar-refractivity contribution >= 4 is 29.9 Å². The van der Waals surface area contributed by atoms with Crippen LogP contribution >= 0.6 is 24.0 Å². The summed E-state index contributed by atoms with van der Waals surface area (Å²) in [5.74, 6) is 1.89. The Morgan fingerprint density at radius 1 is 1.15 bits per heavy atom. The standard InChI is InChI=1S/C21H34N4O.HI/c1-3-22-21(24-16-18-10-8-14-25(18)4-2)23-15-17-9-5-6-13-20(17)26-19-11-7-12-19;/h5-6,9,13,18-19H,3-4,7-8,10-12,14-16H2,1-2H3,(H2,22,23,24);1H. The number of likely N-dealkylation sites (tertiary alicyclic amines) is 1. The molecule has 1 aromatic carbocycles. The fraction of sp³-hybridized carbons (Fsp3) is 0.667. The molecule has 152 valence electrons. The van der Waals surface area contributed by atoms with Crippen LogP contribution in [0.25, 0.3) is 0 Å². The number of guanidine groups is 1. The van der Waals surface area contributed by atoms with E-state index in [0.29, 0.717) is 18.7 Å². The molecule has 2 N–H and O–H groups in total. The van der Waals surface area contributed by atoms with Crippen molar-refractivity contribution in [3.63, 3.8) is 0 Å². The first-order valence-corrected chi connectivity index (χ1v) is 10.3. The smallest absolute Gasteiger partial charge is 0.191 e. The highest BCUT2D eigenvalue weighted by Gasteiger charge is 2.23. The van der Waals surface area contributed by atoms with Gasteiger partial charge in [-0.05, 0) is 58.2 Å². The number of rotatable bonds is 8. The van der Waals surface area contributed by atoms with Gasteiger partial charge in [0.15, 0.2) is 5.96 Å². The van der Waals surface area contributed by atoms with Crippen molar-refractivity contribution in [2.45, 2.75) is 64.6 Å². The topological polar surface area (TPSA) is 48.9 Å². The second-order valence-electron chi connectivity index (χ2n) is 7.28. The van der Waals surface area contributed by atoms with Gasteiger partial charge in [0.05, 0.1) is 12.6 Å². The van der Waals surface area contributed by atoms with Crippen LogP contribution in [0.5, 0.6) is 5.75 Å². The van der Waals surface area contributed by atoms with Gasteiger partial charge in [0, 0.05) is 24.7 Å². The summed E-state index contributed by atoms with van der Waals surface area (Å²) in [6.07, 6.45) is 6.62. The molecule has 1 atom stereocenters. The molecular weight excluding hydrogens is 451 g/mol. The van der Waals surface area contributed by atoms with Gasteiger partial charge in [0.2, 0.25) is 0 Å². The molecule has 0 amide bonds. The maximum atomic E-state index is 6.13. The number of ether oxygens (including phenoxy) is 1. The van der Waals surface area contributed by atoms with Gasteiger partial charge in [0.25, 0.3) is 0 Å². The van der Waals surface area contributed by atoms with E-state index < -0.39 is 0 Å². The van der Waals surface area contributed by atoms with Crippen LogP contribution in [0.4, 0.5) is 0 Å². The molecule has 1 aliphatic carbocycles. The number of benzene rings is 1. The van der Waals surface area contributed by atoms with Gasteiger partial charge in [-0.3, -0.25) is 4.90 Å². The zero-order valence-corrected chi connectivity index (χ0v) is 19.1. The highest BCUT2D eigenvalue weighted by atomic mass is 127. The number of aliphatic imine (C=N–C) groups is 1. The third kappa shape index (κ3) is 6.52. The Morgan fingerprint density at radius 2 is 1.96 bits per heavy atom. The van der Waals surface area contributed by atoms with E-state index in [1.165, 1.54) is 38.6 Å². The van der Waals surface area contributed by atoms with Gasteiger partial charge in [-0.25, -0.2) is 4.99 Å². The summed E-state index contributed by atoms with van der Waals surface area (Å²) in [7, 11) is 0. The second kappa shape index (κ2) is 11.7. The Bertz CT molecular complexity index is 591. The van der Waals surface area contributed by atoms with E-state index in [2.05, 4.69) is 47.6 Å². The van der Waals surface area contributed by atoms with Crippen LogP contribution in [0.3, 0.4) is 0 Å². The lowest BCUT2D eigenvalue weighted by Crippen LogP contribution is -2.44. The number of para-hydroxylation sites is 1. The molecule has 1 heterocycles. The summed E-state index contributed by atoms with van der Waals surface area (Å²) in [6, 6.07) is 8.93. The first kappa shape index (κ1) is 22.3. The van der Waals surface area contributed by atoms with Crippen molar-refractivity contribution in [1.82, 2.24) is 15.5 Å². The highest BCUT2D eigenvalue weighted by molar-refractivity contribution is 14.0. The zero-order valence-electron chi connectivity index (χ0n) is 16.7. The Morgan fingerprint density at radius 3 is 2.67 bits per heavy atom. The average molecular weight is 486 g/mol. The molecule has 0 radical (unpaired) electrons. The summed E-state index contributed by atoms with van der Waals surface area (Å²) in [5.41, 5.74) is 1.16. The van der Waals surface area contributed by atoms with Crippen molar-refractivity contribution < 1.29 is 4.74 Å². The molecule has 1 aliphatic heterocycles. The lowest BCUT2D eigenvalue weighted by atomic mass is 9.96. The van der Waals surface area contributed by atoms with Crippen molar-refractivity contribution in [3.8, 4) is 5.75 Å². The molecule has 1 saturated heterocycles. The van der Waals surface area contributed by atoms with E-state index in [1.54, 1.807) is 0 Å². The fourth-order valence-corrected chi connectivity index (χ4v) is 3.68. The van der Waals surface area contributed by atoms with Crippen molar-refractivity contribution in [3.05, 3.63) is 29.8 Å². The van der Waals surface area contributed by atoms with Gasteiger partial charge >= 0.3 is 0 Å². The van der Waals surface area contributed by atoms with Crippen LogP contribution in [0.1, 0.15) is 51.5 Å². The molecule has 2 fully saturated rings. The number of nitrogens with one attached hydrogen (secondary N) is 2. The molecule has 1 saturated carbocycles. The van der Waals surface area contributed by atoms with Crippen molar-refractivity contribution in [2.75, 3.05) is 26.2 Å². The van der Waals surface area contributed by atoms with E-state index in [4.69, 9.17) is 9.73 Å². The highest BCUT2D eigenvalue weighted by Crippen LogP contribution is 2.27. The summed E-state index contributed by atoms with van der Waals surface area (Å²) in [4.78, 5) is 7.36. The lowest BCUT2D eigenvalue weighted by molar-refractivity contribution is 0.119. The monoisotopic (exact) mass is 486 g/mol. The number of hydrogen-bond acceptors (Lipinski definition) is 3. The van der Waals surface area contributed by atoms with E-state index in [1.807, 2.05) is 6.07 Å². The summed E-state index contributed by atoms with van der Waals surface area (Å²) < 4.78 is 6.13.